The first kappa shape index (κ1) is 14.8. The highest BCUT2D eigenvalue weighted by Gasteiger charge is 2.30. The summed E-state index contributed by atoms with van der Waals surface area (Å²) < 4.78 is 36.0. The van der Waals surface area contributed by atoms with Gasteiger partial charge in [0.2, 0.25) is 0 Å². The van der Waals surface area contributed by atoms with E-state index in [2.05, 4.69) is 0 Å². The second kappa shape index (κ2) is 6.07. The minimum atomic E-state index is -4.10. The van der Waals surface area contributed by atoms with Crippen LogP contribution >= 0.6 is 0 Å². The van der Waals surface area contributed by atoms with Gasteiger partial charge in [0.1, 0.15) is 0 Å². The second-order valence-corrected chi connectivity index (χ2v) is 5.67. The van der Waals surface area contributed by atoms with Gasteiger partial charge in [-0.05, 0) is 32.1 Å². The Morgan fingerprint density at radius 1 is 1.06 bits per heavy atom. The van der Waals surface area contributed by atoms with E-state index in [1.165, 1.54) is 19.3 Å². The van der Waals surface area contributed by atoms with E-state index in [0.29, 0.717) is 12.3 Å². The molecule has 102 valence electrons. The molecule has 0 aromatic carbocycles. The van der Waals surface area contributed by atoms with Crippen molar-refractivity contribution in [1.82, 2.24) is 0 Å². The fourth-order valence-electron chi connectivity index (χ4n) is 2.78. The largest absolute Gasteiger partial charge is 0.390 e. The maximum Gasteiger partial charge on any atom is 0.389 e. The molecule has 17 heavy (non-hydrogen) atoms. The highest BCUT2D eigenvalue weighted by molar-refractivity contribution is 4.79. The maximum absolute atomic E-state index is 12.0. The van der Waals surface area contributed by atoms with Crippen molar-refractivity contribution in [2.75, 3.05) is 0 Å². The summed E-state index contributed by atoms with van der Waals surface area (Å²) in [6.45, 7) is 1.68. The van der Waals surface area contributed by atoms with Crippen LogP contribution in [0.1, 0.15) is 64.7 Å². The molecule has 0 radical (unpaired) electrons. The molecule has 1 fully saturated rings. The minimum absolute atomic E-state index is 0.0310. The highest BCUT2D eigenvalue weighted by atomic mass is 19.4. The van der Waals surface area contributed by atoms with E-state index in [1.54, 1.807) is 6.92 Å². The molecule has 1 saturated carbocycles. The van der Waals surface area contributed by atoms with Crippen LogP contribution in [-0.4, -0.2) is 16.9 Å². The van der Waals surface area contributed by atoms with Gasteiger partial charge in [-0.1, -0.05) is 32.1 Å². The molecule has 4 heteroatoms. The lowest BCUT2D eigenvalue weighted by Gasteiger charge is -2.31. The number of hydrogen-bond donors (Lipinski definition) is 1. The zero-order chi connectivity index (χ0) is 12.9. The summed E-state index contributed by atoms with van der Waals surface area (Å²) in [4.78, 5) is 0. The number of aliphatic hydroxyl groups is 1. The van der Waals surface area contributed by atoms with Gasteiger partial charge in [-0.2, -0.15) is 13.2 Å². The van der Waals surface area contributed by atoms with E-state index >= 15 is 0 Å². The molecule has 1 aliphatic rings. The molecule has 1 unspecified atom stereocenters. The summed E-state index contributed by atoms with van der Waals surface area (Å²) in [5, 5.41) is 10.1. The summed E-state index contributed by atoms with van der Waals surface area (Å²) in [6, 6.07) is 0. The van der Waals surface area contributed by atoms with Crippen molar-refractivity contribution in [1.29, 1.82) is 0 Å². The Morgan fingerprint density at radius 3 is 2.18 bits per heavy atom. The molecule has 0 aromatic heterocycles. The van der Waals surface area contributed by atoms with Crippen LogP contribution in [-0.2, 0) is 0 Å². The maximum atomic E-state index is 12.0. The second-order valence-electron chi connectivity index (χ2n) is 5.67. The fourth-order valence-corrected chi connectivity index (χ4v) is 2.78. The van der Waals surface area contributed by atoms with Crippen LogP contribution < -0.4 is 0 Å². The lowest BCUT2D eigenvalue weighted by Crippen LogP contribution is -2.29. The summed E-state index contributed by atoms with van der Waals surface area (Å²) in [5.74, 6) is 0.504. The van der Waals surface area contributed by atoms with E-state index in [1.807, 2.05) is 0 Å². The smallest absolute Gasteiger partial charge is 0.389 e. The lowest BCUT2D eigenvalue weighted by atomic mass is 9.80. The molecule has 1 rings (SSSR count). The monoisotopic (exact) mass is 252 g/mol. The first-order valence-corrected chi connectivity index (χ1v) is 6.58. The van der Waals surface area contributed by atoms with Gasteiger partial charge in [0, 0.05) is 6.42 Å². The molecule has 1 aliphatic carbocycles. The number of hydrogen-bond acceptors (Lipinski definition) is 1. The predicted octanol–water partition coefficient (Wildman–Crippen LogP) is 4.44. The summed E-state index contributed by atoms with van der Waals surface area (Å²) >= 11 is 0. The Hall–Kier alpha value is -0.250. The third kappa shape index (κ3) is 6.92. The van der Waals surface area contributed by atoms with Crippen LogP contribution in [0.2, 0.25) is 0 Å². The standard InChI is InChI=1S/C13H23F3O/c1-12(17,8-5-9-13(14,15)16)10-11-6-3-2-4-7-11/h11,17H,2-10H2,1H3. The third-order valence-electron chi connectivity index (χ3n) is 3.63. The SMILES string of the molecule is CC(O)(CCCC(F)(F)F)CC1CCCCC1. The summed E-state index contributed by atoms with van der Waals surface area (Å²) in [5.41, 5.74) is -0.923. The van der Waals surface area contributed by atoms with E-state index in [4.69, 9.17) is 0 Å². The molecule has 0 aromatic rings. The van der Waals surface area contributed by atoms with Crippen molar-refractivity contribution in [3.8, 4) is 0 Å². The van der Waals surface area contributed by atoms with E-state index in [-0.39, 0.29) is 12.8 Å². The molecule has 1 atom stereocenters. The van der Waals surface area contributed by atoms with Gasteiger partial charge in [-0.25, -0.2) is 0 Å². The molecule has 1 nitrogen and oxygen atoms in total. The number of rotatable bonds is 5. The Balaban J connectivity index is 2.24. The first-order chi connectivity index (χ1) is 7.79. The Labute approximate surface area is 101 Å². The van der Waals surface area contributed by atoms with Gasteiger partial charge in [0.05, 0.1) is 5.60 Å². The summed E-state index contributed by atoms with van der Waals surface area (Å²) in [6.07, 6.45) is 1.95. The quantitative estimate of drug-likeness (QED) is 0.767. The van der Waals surface area contributed by atoms with E-state index in [0.717, 1.165) is 12.8 Å². The van der Waals surface area contributed by atoms with Crippen molar-refractivity contribution in [2.24, 2.45) is 5.92 Å². The van der Waals surface area contributed by atoms with Crippen molar-refractivity contribution < 1.29 is 18.3 Å². The Kier molecular flexibility index (Phi) is 5.29. The molecule has 0 saturated heterocycles. The highest BCUT2D eigenvalue weighted by Crippen LogP contribution is 2.33. The molecule has 0 amide bonds. The average Bonchev–Trinajstić information content (AvgIpc) is 2.15. The molecule has 0 spiro atoms. The van der Waals surface area contributed by atoms with Crippen LogP contribution in [0, 0.1) is 5.92 Å². The van der Waals surface area contributed by atoms with E-state index < -0.39 is 18.2 Å². The zero-order valence-electron chi connectivity index (χ0n) is 10.5. The Bertz CT molecular complexity index is 217. The van der Waals surface area contributed by atoms with Crippen molar-refractivity contribution in [2.45, 2.75) is 76.5 Å². The summed E-state index contributed by atoms with van der Waals surface area (Å²) in [7, 11) is 0. The molecule has 0 bridgehead atoms. The number of halogens is 3. The van der Waals surface area contributed by atoms with E-state index in [9.17, 15) is 18.3 Å². The zero-order valence-corrected chi connectivity index (χ0v) is 10.5. The van der Waals surface area contributed by atoms with Gasteiger partial charge >= 0.3 is 6.18 Å². The van der Waals surface area contributed by atoms with Gasteiger partial charge in [0.15, 0.2) is 0 Å². The van der Waals surface area contributed by atoms with Gasteiger partial charge in [-0.3, -0.25) is 0 Å². The van der Waals surface area contributed by atoms with Crippen LogP contribution in [0.25, 0.3) is 0 Å². The molecule has 0 aliphatic heterocycles. The van der Waals surface area contributed by atoms with Gasteiger partial charge in [0.25, 0.3) is 0 Å². The van der Waals surface area contributed by atoms with Crippen molar-refractivity contribution >= 4 is 0 Å². The fraction of sp³-hybridized carbons (Fsp3) is 1.00. The van der Waals surface area contributed by atoms with Crippen LogP contribution in [0.5, 0.6) is 0 Å². The lowest BCUT2D eigenvalue weighted by molar-refractivity contribution is -0.138. The van der Waals surface area contributed by atoms with Crippen molar-refractivity contribution in [3.05, 3.63) is 0 Å². The van der Waals surface area contributed by atoms with Crippen molar-refractivity contribution in [3.63, 3.8) is 0 Å². The average molecular weight is 252 g/mol. The van der Waals surface area contributed by atoms with Gasteiger partial charge < -0.3 is 5.11 Å². The normalized spacial score (nSPS) is 22.4. The number of alkyl halides is 3. The topological polar surface area (TPSA) is 20.2 Å². The molecular formula is C13H23F3O. The molecule has 1 N–H and O–H groups in total. The minimum Gasteiger partial charge on any atom is -0.390 e. The third-order valence-corrected chi connectivity index (χ3v) is 3.63. The predicted molar refractivity (Wildman–Crippen MR) is 61.7 cm³/mol. The molecular weight excluding hydrogens is 229 g/mol. The Morgan fingerprint density at radius 2 is 1.65 bits per heavy atom. The first-order valence-electron chi connectivity index (χ1n) is 6.58. The molecule has 0 heterocycles. The van der Waals surface area contributed by atoms with Crippen LogP contribution in [0.3, 0.4) is 0 Å². The van der Waals surface area contributed by atoms with Crippen LogP contribution in [0.4, 0.5) is 13.2 Å². The van der Waals surface area contributed by atoms with Gasteiger partial charge in [-0.15, -0.1) is 0 Å². The van der Waals surface area contributed by atoms with Crippen LogP contribution in [0.15, 0.2) is 0 Å².